The maximum absolute atomic E-state index is 12.2. The van der Waals surface area contributed by atoms with Gasteiger partial charge in [0.25, 0.3) is 0 Å². The van der Waals surface area contributed by atoms with E-state index in [0.717, 1.165) is 16.8 Å². The van der Waals surface area contributed by atoms with Crippen LogP contribution in [0.15, 0.2) is 54.6 Å². The Balaban J connectivity index is 2.05. The summed E-state index contributed by atoms with van der Waals surface area (Å²) in [5.74, 6) is -0.105. The molecular formula is C17H19NO2. The molecule has 0 aliphatic rings. The first-order valence-corrected chi connectivity index (χ1v) is 6.64. The van der Waals surface area contributed by atoms with E-state index in [1.165, 1.54) is 0 Å². The van der Waals surface area contributed by atoms with Crippen LogP contribution in [0.1, 0.15) is 23.7 Å². The zero-order valence-corrected chi connectivity index (χ0v) is 11.8. The number of aryl methyl sites for hydroxylation is 1. The van der Waals surface area contributed by atoms with Crippen LogP contribution in [0.4, 0.5) is 5.69 Å². The predicted octanol–water partition coefficient (Wildman–Crippen LogP) is 3.08. The largest absolute Gasteiger partial charge is 0.388 e. The molecule has 1 unspecified atom stereocenters. The third-order valence-corrected chi connectivity index (χ3v) is 3.32. The SMILES string of the molecule is Cc1cccc(N(C)C(=O)CC(O)c2ccccc2)c1. The van der Waals surface area contributed by atoms with Crippen LogP contribution in [0.25, 0.3) is 0 Å². The minimum atomic E-state index is -0.768. The lowest BCUT2D eigenvalue weighted by Crippen LogP contribution is -2.27. The van der Waals surface area contributed by atoms with Crippen molar-refractivity contribution in [1.29, 1.82) is 0 Å². The number of anilines is 1. The Labute approximate surface area is 119 Å². The van der Waals surface area contributed by atoms with Gasteiger partial charge in [0.15, 0.2) is 0 Å². The van der Waals surface area contributed by atoms with Gasteiger partial charge in [0, 0.05) is 12.7 Å². The van der Waals surface area contributed by atoms with Crippen molar-refractivity contribution < 1.29 is 9.90 Å². The molecule has 0 radical (unpaired) electrons. The van der Waals surface area contributed by atoms with Gasteiger partial charge in [-0.1, -0.05) is 42.5 Å². The fourth-order valence-electron chi connectivity index (χ4n) is 2.08. The first-order valence-electron chi connectivity index (χ1n) is 6.64. The first-order chi connectivity index (χ1) is 9.58. The molecule has 2 aromatic carbocycles. The second kappa shape index (κ2) is 6.35. The molecule has 1 N–H and O–H groups in total. The highest BCUT2D eigenvalue weighted by atomic mass is 16.3. The fourth-order valence-corrected chi connectivity index (χ4v) is 2.08. The van der Waals surface area contributed by atoms with Crippen molar-refractivity contribution in [2.24, 2.45) is 0 Å². The lowest BCUT2D eigenvalue weighted by atomic mass is 10.1. The lowest BCUT2D eigenvalue weighted by molar-refractivity contribution is -0.120. The van der Waals surface area contributed by atoms with E-state index in [0.29, 0.717) is 0 Å². The van der Waals surface area contributed by atoms with Gasteiger partial charge >= 0.3 is 0 Å². The summed E-state index contributed by atoms with van der Waals surface area (Å²) in [7, 11) is 1.73. The fraction of sp³-hybridized carbons (Fsp3) is 0.235. The molecular weight excluding hydrogens is 250 g/mol. The monoisotopic (exact) mass is 269 g/mol. The Hall–Kier alpha value is -2.13. The van der Waals surface area contributed by atoms with Crippen molar-refractivity contribution in [3.05, 3.63) is 65.7 Å². The van der Waals surface area contributed by atoms with Crippen LogP contribution >= 0.6 is 0 Å². The molecule has 0 aliphatic carbocycles. The van der Waals surface area contributed by atoms with E-state index in [9.17, 15) is 9.90 Å². The number of amides is 1. The minimum absolute atomic E-state index is 0.0778. The van der Waals surface area contributed by atoms with Gasteiger partial charge in [0.1, 0.15) is 0 Å². The van der Waals surface area contributed by atoms with Crippen LogP contribution in [0.2, 0.25) is 0 Å². The van der Waals surface area contributed by atoms with Crippen molar-refractivity contribution in [3.8, 4) is 0 Å². The van der Waals surface area contributed by atoms with Gasteiger partial charge in [-0.2, -0.15) is 0 Å². The zero-order chi connectivity index (χ0) is 14.5. The van der Waals surface area contributed by atoms with Crippen LogP contribution < -0.4 is 4.90 Å². The van der Waals surface area contributed by atoms with Crippen LogP contribution in [-0.2, 0) is 4.79 Å². The topological polar surface area (TPSA) is 40.5 Å². The molecule has 0 saturated heterocycles. The molecule has 1 atom stereocenters. The number of carbonyl (C=O) groups is 1. The normalized spacial score (nSPS) is 11.9. The molecule has 3 heteroatoms. The van der Waals surface area contributed by atoms with E-state index >= 15 is 0 Å². The summed E-state index contributed by atoms with van der Waals surface area (Å²) in [5.41, 5.74) is 2.71. The summed E-state index contributed by atoms with van der Waals surface area (Å²) in [6.45, 7) is 1.99. The number of nitrogens with zero attached hydrogens (tertiary/aromatic N) is 1. The highest BCUT2D eigenvalue weighted by Gasteiger charge is 2.17. The van der Waals surface area contributed by atoms with Gasteiger partial charge in [0.2, 0.25) is 5.91 Å². The Morgan fingerprint density at radius 3 is 2.50 bits per heavy atom. The number of aliphatic hydroxyl groups excluding tert-OH is 1. The van der Waals surface area contributed by atoms with E-state index in [1.807, 2.05) is 61.5 Å². The highest BCUT2D eigenvalue weighted by molar-refractivity contribution is 5.93. The van der Waals surface area contributed by atoms with Gasteiger partial charge in [-0.3, -0.25) is 4.79 Å². The van der Waals surface area contributed by atoms with E-state index < -0.39 is 6.10 Å². The van der Waals surface area contributed by atoms with Gasteiger partial charge in [-0.05, 0) is 30.2 Å². The molecule has 3 nitrogen and oxygen atoms in total. The van der Waals surface area contributed by atoms with Crippen LogP contribution in [0.5, 0.6) is 0 Å². The zero-order valence-electron chi connectivity index (χ0n) is 11.8. The number of hydrogen-bond acceptors (Lipinski definition) is 2. The summed E-state index contributed by atoms with van der Waals surface area (Å²) in [6, 6.07) is 17.0. The summed E-state index contributed by atoms with van der Waals surface area (Å²) in [5, 5.41) is 10.1. The van der Waals surface area contributed by atoms with Gasteiger partial charge in [0.05, 0.1) is 12.5 Å². The molecule has 0 saturated carbocycles. The smallest absolute Gasteiger partial charge is 0.229 e. The third kappa shape index (κ3) is 3.45. The number of carbonyl (C=O) groups excluding carboxylic acids is 1. The van der Waals surface area contributed by atoms with Gasteiger partial charge in [-0.25, -0.2) is 0 Å². The molecule has 0 aromatic heterocycles. The maximum atomic E-state index is 12.2. The molecule has 1 amide bonds. The average molecular weight is 269 g/mol. The standard InChI is InChI=1S/C17H19NO2/c1-13-7-6-10-15(11-13)18(2)17(20)12-16(19)14-8-4-3-5-9-14/h3-11,16,19H,12H2,1-2H3. The number of rotatable bonds is 4. The van der Waals surface area contributed by atoms with Crippen LogP contribution in [-0.4, -0.2) is 18.1 Å². The van der Waals surface area contributed by atoms with E-state index in [-0.39, 0.29) is 12.3 Å². The Morgan fingerprint density at radius 2 is 1.85 bits per heavy atom. The van der Waals surface area contributed by atoms with E-state index in [2.05, 4.69) is 0 Å². The Morgan fingerprint density at radius 1 is 1.15 bits per heavy atom. The van der Waals surface area contributed by atoms with Crippen molar-refractivity contribution >= 4 is 11.6 Å². The highest BCUT2D eigenvalue weighted by Crippen LogP contribution is 2.20. The first kappa shape index (κ1) is 14.3. The van der Waals surface area contributed by atoms with Crippen LogP contribution in [0.3, 0.4) is 0 Å². The third-order valence-electron chi connectivity index (χ3n) is 3.32. The molecule has 0 heterocycles. The van der Waals surface area contributed by atoms with Crippen LogP contribution in [0, 0.1) is 6.92 Å². The Kier molecular flexibility index (Phi) is 4.53. The Bertz CT molecular complexity index is 581. The van der Waals surface area contributed by atoms with E-state index in [4.69, 9.17) is 0 Å². The average Bonchev–Trinajstić information content (AvgIpc) is 2.47. The molecule has 2 aromatic rings. The van der Waals surface area contributed by atoms with Gasteiger partial charge < -0.3 is 10.0 Å². The molecule has 0 spiro atoms. The number of hydrogen-bond donors (Lipinski definition) is 1. The van der Waals surface area contributed by atoms with Gasteiger partial charge in [-0.15, -0.1) is 0 Å². The number of aliphatic hydroxyl groups is 1. The summed E-state index contributed by atoms with van der Waals surface area (Å²) >= 11 is 0. The summed E-state index contributed by atoms with van der Waals surface area (Å²) in [6.07, 6.45) is -0.690. The van der Waals surface area contributed by atoms with E-state index in [1.54, 1.807) is 11.9 Å². The summed E-state index contributed by atoms with van der Waals surface area (Å²) < 4.78 is 0. The van der Waals surface area contributed by atoms with Crippen molar-refractivity contribution in [3.63, 3.8) is 0 Å². The lowest BCUT2D eigenvalue weighted by Gasteiger charge is -2.20. The molecule has 0 bridgehead atoms. The quantitative estimate of drug-likeness (QED) is 0.926. The summed E-state index contributed by atoms with van der Waals surface area (Å²) in [4.78, 5) is 13.8. The molecule has 0 fully saturated rings. The molecule has 0 aliphatic heterocycles. The second-order valence-corrected chi connectivity index (χ2v) is 4.92. The molecule has 104 valence electrons. The van der Waals surface area contributed by atoms with Crippen molar-refractivity contribution in [2.45, 2.75) is 19.4 Å². The minimum Gasteiger partial charge on any atom is -0.388 e. The van der Waals surface area contributed by atoms with Crippen molar-refractivity contribution in [2.75, 3.05) is 11.9 Å². The number of benzene rings is 2. The van der Waals surface area contributed by atoms with Crippen molar-refractivity contribution in [1.82, 2.24) is 0 Å². The predicted molar refractivity (Wildman–Crippen MR) is 80.6 cm³/mol. The molecule has 20 heavy (non-hydrogen) atoms. The second-order valence-electron chi connectivity index (χ2n) is 4.92. The molecule has 2 rings (SSSR count). The maximum Gasteiger partial charge on any atom is 0.229 e.